The first-order chi connectivity index (χ1) is 9.79. The van der Waals surface area contributed by atoms with Gasteiger partial charge in [0.25, 0.3) is 0 Å². The van der Waals surface area contributed by atoms with Gasteiger partial charge < -0.3 is 5.32 Å². The molecule has 0 fully saturated rings. The van der Waals surface area contributed by atoms with E-state index in [1.165, 1.54) is 28.7 Å². The van der Waals surface area contributed by atoms with E-state index in [0.29, 0.717) is 6.04 Å². The summed E-state index contributed by atoms with van der Waals surface area (Å²) in [4.78, 5) is 0. The summed E-state index contributed by atoms with van der Waals surface area (Å²) >= 11 is 0. The maximum atomic E-state index is 3.78. The highest BCUT2D eigenvalue weighted by molar-refractivity contribution is 5.48. The van der Waals surface area contributed by atoms with Crippen molar-refractivity contribution in [2.45, 2.75) is 32.7 Å². The lowest BCUT2D eigenvalue weighted by molar-refractivity contribution is 0.468. The second-order valence-electron chi connectivity index (χ2n) is 5.93. The molecule has 3 rings (SSSR count). The summed E-state index contributed by atoms with van der Waals surface area (Å²) in [7, 11) is 0. The minimum absolute atomic E-state index is 0.352. The van der Waals surface area contributed by atoms with E-state index in [1.54, 1.807) is 0 Å². The van der Waals surface area contributed by atoms with E-state index in [-0.39, 0.29) is 0 Å². The Labute approximate surface area is 122 Å². The third-order valence-electron chi connectivity index (χ3n) is 4.48. The summed E-state index contributed by atoms with van der Waals surface area (Å²) in [6.45, 7) is 5.65. The molecule has 1 atom stereocenters. The number of nitrogens with one attached hydrogen (secondary N) is 1. The van der Waals surface area contributed by atoms with Crippen molar-refractivity contribution in [2.24, 2.45) is 5.92 Å². The molecule has 0 amide bonds. The third kappa shape index (κ3) is 2.51. The van der Waals surface area contributed by atoms with E-state index in [0.717, 1.165) is 18.9 Å². The molecular formula is C19H23N. The van der Waals surface area contributed by atoms with Crippen LogP contribution in [0.1, 0.15) is 48.6 Å². The summed E-state index contributed by atoms with van der Waals surface area (Å²) in [5, 5.41) is 3.78. The maximum absolute atomic E-state index is 3.78. The van der Waals surface area contributed by atoms with E-state index >= 15 is 0 Å². The standard InChI is InChI=1S/C19H23N/c1-3-14(2)13-20-19-17-10-6-4-8-15(17)12-16-9-5-7-11-18(16)19/h4-11,14,19-20H,3,12-13H2,1-2H3. The van der Waals surface area contributed by atoms with E-state index < -0.39 is 0 Å². The summed E-state index contributed by atoms with van der Waals surface area (Å²) in [5.41, 5.74) is 5.84. The van der Waals surface area contributed by atoms with Gasteiger partial charge in [-0.3, -0.25) is 0 Å². The lowest BCUT2D eigenvalue weighted by Gasteiger charge is -2.30. The second kappa shape index (κ2) is 5.80. The molecule has 0 spiro atoms. The quantitative estimate of drug-likeness (QED) is 0.868. The van der Waals surface area contributed by atoms with Gasteiger partial charge in [0, 0.05) is 0 Å². The van der Waals surface area contributed by atoms with Crippen molar-refractivity contribution >= 4 is 0 Å². The molecule has 104 valence electrons. The SMILES string of the molecule is CCC(C)CNC1c2ccccc2Cc2ccccc21. The molecule has 1 aliphatic rings. The van der Waals surface area contributed by atoms with Crippen molar-refractivity contribution in [3.8, 4) is 0 Å². The van der Waals surface area contributed by atoms with Crippen molar-refractivity contribution < 1.29 is 0 Å². The number of rotatable bonds is 4. The highest BCUT2D eigenvalue weighted by Crippen LogP contribution is 2.34. The molecule has 0 saturated heterocycles. The smallest absolute Gasteiger partial charge is 0.0582 e. The Balaban J connectivity index is 1.95. The molecule has 1 aliphatic carbocycles. The van der Waals surface area contributed by atoms with Crippen LogP contribution in [0.25, 0.3) is 0 Å². The fourth-order valence-electron chi connectivity index (χ4n) is 3.01. The van der Waals surface area contributed by atoms with E-state index in [2.05, 4.69) is 67.7 Å². The number of fused-ring (bicyclic) bond motifs is 2. The molecule has 2 aromatic rings. The Kier molecular flexibility index (Phi) is 3.88. The second-order valence-corrected chi connectivity index (χ2v) is 5.93. The van der Waals surface area contributed by atoms with Crippen molar-refractivity contribution in [1.82, 2.24) is 5.32 Å². The van der Waals surface area contributed by atoms with Crippen LogP contribution in [0, 0.1) is 5.92 Å². The van der Waals surface area contributed by atoms with Crippen LogP contribution in [0.4, 0.5) is 0 Å². The molecule has 0 heterocycles. The van der Waals surface area contributed by atoms with Crippen LogP contribution in [0.15, 0.2) is 48.5 Å². The minimum atomic E-state index is 0.352. The highest BCUT2D eigenvalue weighted by Gasteiger charge is 2.24. The lowest BCUT2D eigenvalue weighted by Crippen LogP contribution is -2.30. The van der Waals surface area contributed by atoms with Gasteiger partial charge >= 0.3 is 0 Å². The summed E-state index contributed by atoms with van der Waals surface area (Å²) in [6.07, 6.45) is 2.29. The van der Waals surface area contributed by atoms with Crippen molar-refractivity contribution in [2.75, 3.05) is 6.54 Å². The first-order valence-corrected chi connectivity index (χ1v) is 7.68. The topological polar surface area (TPSA) is 12.0 Å². The monoisotopic (exact) mass is 265 g/mol. The Hall–Kier alpha value is -1.60. The van der Waals surface area contributed by atoms with Crippen molar-refractivity contribution in [3.05, 3.63) is 70.8 Å². The molecule has 1 nitrogen and oxygen atoms in total. The lowest BCUT2D eigenvalue weighted by atomic mass is 9.82. The van der Waals surface area contributed by atoms with Crippen LogP contribution >= 0.6 is 0 Å². The Morgan fingerprint density at radius 1 is 1.00 bits per heavy atom. The van der Waals surface area contributed by atoms with Gasteiger partial charge in [-0.15, -0.1) is 0 Å². The fraction of sp³-hybridized carbons (Fsp3) is 0.368. The molecule has 20 heavy (non-hydrogen) atoms. The third-order valence-corrected chi connectivity index (χ3v) is 4.48. The predicted molar refractivity (Wildman–Crippen MR) is 85.0 cm³/mol. The zero-order valence-corrected chi connectivity index (χ0v) is 12.4. The van der Waals surface area contributed by atoms with Gasteiger partial charge in [0.05, 0.1) is 6.04 Å². The summed E-state index contributed by atoms with van der Waals surface area (Å²) < 4.78 is 0. The van der Waals surface area contributed by atoms with Gasteiger partial charge in [-0.25, -0.2) is 0 Å². The first kappa shape index (κ1) is 13.4. The van der Waals surface area contributed by atoms with Crippen LogP contribution in [0.5, 0.6) is 0 Å². The summed E-state index contributed by atoms with van der Waals surface area (Å²) in [6, 6.07) is 18.1. The average Bonchev–Trinajstić information content (AvgIpc) is 2.51. The molecule has 1 N–H and O–H groups in total. The van der Waals surface area contributed by atoms with E-state index in [4.69, 9.17) is 0 Å². The molecule has 1 unspecified atom stereocenters. The number of hydrogen-bond acceptors (Lipinski definition) is 1. The van der Waals surface area contributed by atoms with Crippen molar-refractivity contribution in [3.63, 3.8) is 0 Å². The molecular weight excluding hydrogens is 242 g/mol. The van der Waals surface area contributed by atoms with Gasteiger partial charge in [0.15, 0.2) is 0 Å². The first-order valence-electron chi connectivity index (χ1n) is 7.68. The van der Waals surface area contributed by atoms with Crippen LogP contribution in [0.2, 0.25) is 0 Å². The fourth-order valence-corrected chi connectivity index (χ4v) is 3.01. The van der Waals surface area contributed by atoms with Gasteiger partial charge in [-0.1, -0.05) is 68.8 Å². The van der Waals surface area contributed by atoms with Crippen LogP contribution in [-0.4, -0.2) is 6.54 Å². The van der Waals surface area contributed by atoms with Gasteiger partial charge in [-0.05, 0) is 41.1 Å². The van der Waals surface area contributed by atoms with Gasteiger partial charge in [-0.2, -0.15) is 0 Å². The molecule has 1 heteroatoms. The number of hydrogen-bond donors (Lipinski definition) is 1. The largest absolute Gasteiger partial charge is 0.306 e. The van der Waals surface area contributed by atoms with Gasteiger partial charge in [0.2, 0.25) is 0 Å². The molecule has 0 aromatic heterocycles. The summed E-state index contributed by atoms with van der Waals surface area (Å²) in [5.74, 6) is 0.719. The van der Waals surface area contributed by atoms with Crippen LogP contribution in [-0.2, 0) is 6.42 Å². The number of benzene rings is 2. The zero-order valence-electron chi connectivity index (χ0n) is 12.4. The average molecular weight is 265 g/mol. The molecule has 0 saturated carbocycles. The van der Waals surface area contributed by atoms with Crippen LogP contribution in [0.3, 0.4) is 0 Å². The molecule has 0 bridgehead atoms. The Morgan fingerprint density at radius 3 is 2.10 bits per heavy atom. The Bertz CT molecular complexity index is 542. The maximum Gasteiger partial charge on any atom is 0.0582 e. The Morgan fingerprint density at radius 2 is 1.55 bits per heavy atom. The highest BCUT2D eigenvalue weighted by atomic mass is 14.9. The van der Waals surface area contributed by atoms with Crippen LogP contribution < -0.4 is 5.32 Å². The van der Waals surface area contributed by atoms with Gasteiger partial charge in [0.1, 0.15) is 0 Å². The van der Waals surface area contributed by atoms with Crippen molar-refractivity contribution in [1.29, 1.82) is 0 Å². The minimum Gasteiger partial charge on any atom is -0.306 e. The predicted octanol–water partition coefficient (Wildman–Crippen LogP) is 4.32. The molecule has 0 aliphatic heterocycles. The van der Waals surface area contributed by atoms with E-state index in [1.807, 2.05) is 0 Å². The molecule has 2 aromatic carbocycles. The molecule has 0 radical (unpaired) electrons. The zero-order chi connectivity index (χ0) is 13.9. The van der Waals surface area contributed by atoms with E-state index in [9.17, 15) is 0 Å². The normalized spacial score (nSPS) is 15.5.